The van der Waals surface area contributed by atoms with Crippen molar-refractivity contribution in [2.24, 2.45) is 5.73 Å². The molecule has 0 bridgehead atoms. The van der Waals surface area contributed by atoms with Gasteiger partial charge >= 0.3 is 11.8 Å². The Kier molecular flexibility index (Phi) is 3.02. The van der Waals surface area contributed by atoms with Gasteiger partial charge in [-0.2, -0.15) is 8.78 Å². The Hall–Kier alpha value is -1.98. The van der Waals surface area contributed by atoms with Gasteiger partial charge in [0.15, 0.2) is 0 Å². The number of amides is 2. The van der Waals surface area contributed by atoms with Crippen molar-refractivity contribution in [1.29, 1.82) is 0 Å². The summed E-state index contributed by atoms with van der Waals surface area (Å²) < 4.78 is 26.1. The third kappa shape index (κ3) is 2.18. The highest BCUT2D eigenvalue weighted by Crippen LogP contribution is 2.22. The average molecular weight is 254 g/mol. The zero-order valence-electron chi connectivity index (χ0n) is 9.45. The fourth-order valence-electron chi connectivity index (χ4n) is 2.05. The highest BCUT2D eigenvalue weighted by molar-refractivity contribution is 6.05. The Balaban J connectivity index is 2.02. The van der Waals surface area contributed by atoms with E-state index < -0.39 is 23.8 Å². The first-order chi connectivity index (χ1) is 8.41. The van der Waals surface area contributed by atoms with Crippen LogP contribution in [0.1, 0.15) is 11.1 Å². The van der Waals surface area contributed by atoms with E-state index in [-0.39, 0.29) is 0 Å². The lowest BCUT2D eigenvalue weighted by molar-refractivity contribution is -0.158. The SMILES string of the molecule is NC(=O)C(F)(F)C(=O)NC1Cc2ccccc2C1. The van der Waals surface area contributed by atoms with Crippen LogP contribution in [0.5, 0.6) is 0 Å². The van der Waals surface area contributed by atoms with Gasteiger partial charge < -0.3 is 11.1 Å². The van der Waals surface area contributed by atoms with Crippen LogP contribution in [0.4, 0.5) is 8.78 Å². The van der Waals surface area contributed by atoms with Gasteiger partial charge in [-0.05, 0) is 24.0 Å². The Morgan fingerprint density at radius 2 is 1.72 bits per heavy atom. The standard InChI is InChI=1S/C12H12F2N2O2/c13-12(14,10(15)17)11(18)16-9-5-7-3-1-2-4-8(7)6-9/h1-4,9H,5-6H2,(H2,15,17)(H,16,18). The molecule has 3 N–H and O–H groups in total. The van der Waals surface area contributed by atoms with Crippen molar-refractivity contribution in [3.05, 3.63) is 35.4 Å². The molecule has 96 valence electrons. The van der Waals surface area contributed by atoms with Gasteiger partial charge in [-0.3, -0.25) is 9.59 Å². The molecule has 0 spiro atoms. The zero-order valence-corrected chi connectivity index (χ0v) is 9.45. The molecule has 0 aliphatic heterocycles. The third-order valence-corrected chi connectivity index (χ3v) is 2.98. The summed E-state index contributed by atoms with van der Waals surface area (Å²) in [7, 11) is 0. The number of carbonyl (C=O) groups is 2. The van der Waals surface area contributed by atoms with Crippen LogP contribution >= 0.6 is 0 Å². The molecule has 0 aromatic heterocycles. The molecule has 0 saturated carbocycles. The van der Waals surface area contributed by atoms with Gasteiger partial charge in [-0.1, -0.05) is 24.3 Å². The molecule has 1 aliphatic rings. The molecule has 0 atom stereocenters. The number of alkyl halides is 2. The van der Waals surface area contributed by atoms with E-state index in [0.717, 1.165) is 11.1 Å². The molecule has 0 radical (unpaired) electrons. The van der Waals surface area contributed by atoms with E-state index in [2.05, 4.69) is 11.1 Å². The maximum atomic E-state index is 13.0. The van der Waals surface area contributed by atoms with Gasteiger partial charge in [0.05, 0.1) is 0 Å². The maximum Gasteiger partial charge on any atom is 0.400 e. The van der Waals surface area contributed by atoms with Crippen molar-refractivity contribution in [1.82, 2.24) is 5.32 Å². The van der Waals surface area contributed by atoms with Crippen molar-refractivity contribution in [3.8, 4) is 0 Å². The molecule has 2 rings (SSSR count). The van der Waals surface area contributed by atoms with Gasteiger partial charge in [0.1, 0.15) is 0 Å². The van der Waals surface area contributed by atoms with E-state index in [4.69, 9.17) is 0 Å². The zero-order chi connectivity index (χ0) is 13.3. The molecule has 6 heteroatoms. The number of fused-ring (bicyclic) bond motifs is 1. The van der Waals surface area contributed by atoms with Gasteiger partial charge in [-0.25, -0.2) is 0 Å². The van der Waals surface area contributed by atoms with Gasteiger partial charge in [0.2, 0.25) is 0 Å². The summed E-state index contributed by atoms with van der Waals surface area (Å²) in [5.41, 5.74) is 6.52. The molecule has 4 nitrogen and oxygen atoms in total. The van der Waals surface area contributed by atoms with E-state index in [1.165, 1.54) is 0 Å². The van der Waals surface area contributed by atoms with Gasteiger partial charge in [0.25, 0.3) is 5.91 Å². The fourth-order valence-corrected chi connectivity index (χ4v) is 2.05. The summed E-state index contributed by atoms with van der Waals surface area (Å²) >= 11 is 0. The normalized spacial score (nSPS) is 15.2. The number of rotatable bonds is 3. The van der Waals surface area contributed by atoms with Gasteiger partial charge in [0, 0.05) is 6.04 Å². The molecule has 0 unspecified atom stereocenters. The summed E-state index contributed by atoms with van der Waals surface area (Å²) in [6, 6.07) is 7.05. The number of halogens is 2. The van der Waals surface area contributed by atoms with E-state index in [0.29, 0.717) is 12.8 Å². The highest BCUT2D eigenvalue weighted by atomic mass is 19.3. The molecule has 18 heavy (non-hydrogen) atoms. The van der Waals surface area contributed by atoms with E-state index >= 15 is 0 Å². The molecule has 0 saturated heterocycles. The Morgan fingerprint density at radius 3 is 2.17 bits per heavy atom. The molecule has 0 heterocycles. The summed E-state index contributed by atoms with van der Waals surface area (Å²) in [5.74, 6) is -7.72. The molecule has 1 aromatic carbocycles. The van der Waals surface area contributed by atoms with Gasteiger partial charge in [-0.15, -0.1) is 0 Å². The van der Waals surface area contributed by atoms with Crippen LogP contribution in [0.25, 0.3) is 0 Å². The first-order valence-corrected chi connectivity index (χ1v) is 5.46. The minimum absolute atomic E-state index is 0.417. The smallest absolute Gasteiger partial charge is 0.364 e. The predicted molar refractivity (Wildman–Crippen MR) is 59.9 cm³/mol. The summed E-state index contributed by atoms with van der Waals surface area (Å²) in [6.45, 7) is 0. The second kappa shape index (κ2) is 4.36. The van der Waals surface area contributed by atoms with Crippen LogP contribution < -0.4 is 11.1 Å². The highest BCUT2D eigenvalue weighted by Gasteiger charge is 2.46. The first-order valence-electron chi connectivity index (χ1n) is 5.46. The molecule has 1 aromatic rings. The number of hydrogen-bond acceptors (Lipinski definition) is 2. The number of benzene rings is 1. The molecule has 2 amide bonds. The lowest BCUT2D eigenvalue weighted by atomic mass is 10.1. The van der Waals surface area contributed by atoms with Crippen LogP contribution in [0.2, 0.25) is 0 Å². The van der Waals surface area contributed by atoms with Crippen molar-refractivity contribution < 1.29 is 18.4 Å². The number of carbonyl (C=O) groups excluding carboxylic acids is 2. The summed E-state index contributed by atoms with van der Waals surface area (Å²) in [6.07, 6.45) is 0.966. The Labute approximate surface area is 102 Å². The summed E-state index contributed by atoms with van der Waals surface area (Å²) in [5, 5.41) is 2.16. The molecular formula is C12H12F2N2O2. The first kappa shape index (κ1) is 12.5. The molecule has 1 aliphatic carbocycles. The largest absolute Gasteiger partial charge is 0.400 e. The Morgan fingerprint density at radius 1 is 1.22 bits per heavy atom. The van der Waals surface area contributed by atoms with E-state index in [1.807, 2.05) is 24.3 Å². The second-order valence-corrected chi connectivity index (χ2v) is 4.29. The summed E-state index contributed by atoms with van der Waals surface area (Å²) in [4.78, 5) is 21.7. The van der Waals surface area contributed by atoms with Crippen LogP contribution in [-0.4, -0.2) is 23.8 Å². The minimum atomic E-state index is -4.16. The molecular weight excluding hydrogens is 242 g/mol. The van der Waals surface area contributed by atoms with Crippen molar-refractivity contribution in [2.75, 3.05) is 0 Å². The van der Waals surface area contributed by atoms with Crippen molar-refractivity contribution in [2.45, 2.75) is 24.8 Å². The van der Waals surface area contributed by atoms with Crippen molar-refractivity contribution in [3.63, 3.8) is 0 Å². The van der Waals surface area contributed by atoms with Crippen molar-refractivity contribution >= 4 is 11.8 Å². The number of primary amides is 1. The Bertz CT molecular complexity index is 478. The van der Waals surface area contributed by atoms with Crippen LogP contribution in [0.15, 0.2) is 24.3 Å². The average Bonchev–Trinajstić information content (AvgIpc) is 2.70. The van der Waals surface area contributed by atoms with Crippen LogP contribution in [-0.2, 0) is 22.4 Å². The third-order valence-electron chi connectivity index (χ3n) is 2.98. The fraction of sp³-hybridized carbons (Fsp3) is 0.333. The quantitative estimate of drug-likeness (QED) is 0.766. The minimum Gasteiger partial charge on any atom is -0.364 e. The van der Waals surface area contributed by atoms with Crippen LogP contribution in [0.3, 0.4) is 0 Å². The lowest BCUT2D eigenvalue weighted by Crippen LogP contribution is -2.52. The monoisotopic (exact) mass is 254 g/mol. The number of hydrogen-bond donors (Lipinski definition) is 2. The molecule has 0 fully saturated rings. The number of nitrogens with two attached hydrogens (primary N) is 1. The van der Waals surface area contributed by atoms with E-state index in [9.17, 15) is 18.4 Å². The topological polar surface area (TPSA) is 72.2 Å². The lowest BCUT2D eigenvalue weighted by Gasteiger charge is -2.16. The maximum absolute atomic E-state index is 13.0. The van der Waals surface area contributed by atoms with E-state index in [1.54, 1.807) is 0 Å². The predicted octanol–water partition coefficient (Wildman–Crippen LogP) is 0.391. The second-order valence-electron chi connectivity index (χ2n) is 4.29. The number of nitrogens with one attached hydrogen (secondary N) is 1. The van der Waals surface area contributed by atoms with Crippen LogP contribution in [0, 0.1) is 0 Å².